The van der Waals surface area contributed by atoms with Gasteiger partial charge in [-0.25, -0.2) is 0 Å². The fourth-order valence-electron chi connectivity index (χ4n) is 2.54. The van der Waals surface area contributed by atoms with Gasteiger partial charge in [-0.15, -0.1) is 5.10 Å². The highest BCUT2D eigenvalue weighted by Gasteiger charge is 2.28. The van der Waals surface area contributed by atoms with E-state index in [0.29, 0.717) is 22.8 Å². The standard InChI is InChI=1S/C18H15N3O5/c1-23-12-7-3-2-6-11(12)17-20-21-18(26-17)19-16(22)15-10-24-13-8-4-5-9-14(13)25-15/h2-9,15H,10H2,1H3,(H,19,21,22)/t15-/m1/s1. The van der Waals surface area contributed by atoms with E-state index in [1.165, 1.54) is 0 Å². The fraction of sp³-hybridized carbons (Fsp3) is 0.167. The Morgan fingerprint density at radius 2 is 1.88 bits per heavy atom. The first-order chi connectivity index (χ1) is 12.7. The number of hydrogen-bond acceptors (Lipinski definition) is 7. The molecule has 4 rings (SSSR count). The van der Waals surface area contributed by atoms with Gasteiger partial charge in [-0.3, -0.25) is 10.1 Å². The number of nitrogens with zero attached hydrogens (tertiary/aromatic N) is 2. The summed E-state index contributed by atoms with van der Waals surface area (Å²) in [5.41, 5.74) is 0.633. The van der Waals surface area contributed by atoms with Crippen molar-refractivity contribution < 1.29 is 23.4 Å². The molecule has 0 fully saturated rings. The lowest BCUT2D eigenvalue weighted by Gasteiger charge is -2.24. The van der Waals surface area contributed by atoms with Crippen LogP contribution >= 0.6 is 0 Å². The Hall–Kier alpha value is -3.55. The topological polar surface area (TPSA) is 95.7 Å². The SMILES string of the molecule is COc1ccccc1-c1nnc(NC(=O)[C@H]2COc3ccccc3O2)o1. The number of aromatic nitrogens is 2. The number of benzene rings is 2. The van der Waals surface area contributed by atoms with Crippen LogP contribution in [0.3, 0.4) is 0 Å². The summed E-state index contributed by atoms with van der Waals surface area (Å²) in [6.45, 7) is 0.0936. The number of carbonyl (C=O) groups excluding carboxylic acids is 1. The van der Waals surface area contributed by atoms with Crippen LogP contribution in [0.5, 0.6) is 17.2 Å². The van der Waals surface area contributed by atoms with Crippen molar-refractivity contribution in [2.75, 3.05) is 19.0 Å². The molecule has 26 heavy (non-hydrogen) atoms. The Morgan fingerprint density at radius 3 is 2.73 bits per heavy atom. The molecule has 2 heterocycles. The van der Waals surface area contributed by atoms with Crippen molar-refractivity contribution in [1.82, 2.24) is 10.2 Å². The van der Waals surface area contributed by atoms with Crippen molar-refractivity contribution in [2.24, 2.45) is 0 Å². The summed E-state index contributed by atoms with van der Waals surface area (Å²) >= 11 is 0. The molecule has 1 aromatic heterocycles. The average molecular weight is 353 g/mol. The smallest absolute Gasteiger partial charge is 0.322 e. The zero-order valence-corrected chi connectivity index (χ0v) is 13.8. The van der Waals surface area contributed by atoms with Gasteiger partial charge in [-0.05, 0) is 24.3 Å². The number of ether oxygens (including phenoxy) is 3. The minimum atomic E-state index is -0.813. The number of carbonyl (C=O) groups is 1. The predicted molar refractivity (Wildman–Crippen MR) is 91.3 cm³/mol. The minimum Gasteiger partial charge on any atom is -0.496 e. The zero-order chi connectivity index (χ0) is 17.9. The van der Waals surface area contributed by atoms with Crippen molar-refractivity contribution in [3.63, 3.8) is 0 Å². The monoisotopic (exact) mass is 353 g/mol. The molecule has 1 aliphatic heterocycles. The summed E-state index contributed by atoms with van der Waals surface area (Å²) in [6, 6.07) is 14.3. The third kappa shape index (κ3) is 3.04. The molecule has 0 spiro atoms. The fourth-order valence-corrected chi connectivity index (χ4v) is 2.54. The summed E-state index contributed by atoms with van der Waals surface area (Å²) in [5, 5.41) is 10.3. The van der Waals surface area contributed by atoms with Gasteiger partial charge in [-0.1, -0.05) is 29.4 Å². The van der Waals surface area contributed by atoms with E-state index in [1.807, 2.05) is 18.2 Å². The summed E-state index contributed by atoms with van der Waals surface area (Å²) in [5.74, 6) is 1.51. The summed E-state index contributed by atoms with van der Waals surface area (Å²) in [4.78, 5) is 12.4. The van der Waals surface area contributed by atoms with Gasteiger partial charge in [0.2, 0.25) is 6.10 Å². The zero-order valence-electron chi connectivity index (χ0n) is 13.8. The molecule has 0 saturated heterocycles. The second-order valence-electron chi connectivity index (χ2n) is 5.47. The van der Waals surface area contributed by atoms with Gasteiger partial charge in [0.15, 0.2) is 11.5 Å². The van der Waals surface area contributed by atoms with E-state index in [1.54, 1.807) is 37.4 Å². The number of nitrogens with one attached hydrogen (secondary N) is 1. The van der Waals surface area contributed by atoms with Gasteiger partial charge in [0.1, 0.15) is 12.4 Å². The average Bonchev–Trinajstić information content (AvgIpc) is 3.15. The highest BCUT2D eigenvalue weighted by Crippen LogP contribution is 2.32. The molecule has 8 nitrogen and oxygen atoms in total. The first-order valence-electron chi connectivity index (χ1n) is 7.91. The lowest BCUT2D eigenvalue weighted by atomic mass is 10.2. The third-order valence-electron chi connectivity index (χ3n) is 3.79. The Kier molecular flexibility index (Phi) is 4.14. The molecular formula is C18H15N3O5. The molecule has 3 aromatic rings. The number of anilines is 1. The molecule has 1 aliphatic rings. The highest BCUT2D eigenvalue weighted by atomic mass is 16.6. The van der Waals surface area contributed by atoms with Gasteiger partial charge >= 0.3 is 6.01 Å². The number of rotatable bonds is 4. The van der Waals surface area contributed by atoms with Crippen LogP contribution in [-0.4, -0.2) is 35.9 Å². The Labute approximate surface area is 148 Å². The van der Waals surface area contributed by atoms with Crippen LogP contribution in [0, 0.1) is 0 Å². The van der Waals surface area contributed by atoms with Crippen LogP contribution < -0.4 is 19.5 Å². The molecule has 132 valence electrons. The van der Waals surface area contributed by atoms with Crippen LogP contribution in [0.2, 0.25) is 0 Å². The van der Waals surface area contributed by atoms with Crippen molar-refractivity contribution in [1.29, 1.82) is 0 Å². The van der Waals surface area contributed by atoms with Crippen molar-refractivity contribution in [2.45, 2.75) is 6.10 Å². The van der Waals surface area contributed by atoms with Gasteiger partial charge in [-0.2, -0.15) is 0 Å². The van der Waals surface area contributed by atoms with E-state index < -0.39 is 12.0 Å². The summed E-state index contributed by atoms with van der Waals surface area (Å²) in [6.07, 6.45) is -0.813. The molecular weight excluding hydrogens is 338 g/mol. The van der Waals surface area contributed by atoms with Gasteiger partial charge in [0.25, 0.3) is 11.8 Å². The molecule has 0 unspecified atom stereocenters. The lowest BCUT2D eigenvalue weighted by Crippen LogP contribution is -2.40. The lowest BCUT2D eigenvalue weighted by molar-refractivity contribution is -0.125. The maximum atomic E-state index is 12.4. The first-order valence-corrected chi connectivity index (χ1v) is 7.91. The van der Waals surface area contributed by atoms with E-state index in [9.17, 15) is 4.79 Å². The summed E-state index contributed by atoms with van der Waals surface area (Å²) in [7, 11) is 1.55. The van der Waals surface area contributed by atoms with E-state index >= 15 is 0 Å². The highest BCUT2D eigenvalue weighted by molar-refractivity contribution is 5.93. The molecule has 1 atom stereocenters. The number of methoxy groups -OCH3 is 1. The normalized spacial score (nSPS) is 15.3. The number of amides is 1. The van der Waals surface area contributed by atoms with Gasteiger partial charge in [0.05, 0.1) is 12.7 Å². The quantitative estimate of drug-likeness (QED) is 0.770. The number of hydrogen-bond donors (Lipinski definition) is 1. The van der Waals surface area contributed by atoms with Crippen LogP contribution in [0.1, 0.15) is 0 Å². The Bertz CT molecular complexity index is 940. The van der Waals surface area contributed by atoms with E-state index in [-0.39, 0.29) is 18.5 Å². The molecule has 1 N–H and O–H groups in total. The number of fused-ring (bicyclic) bond motifs is 1. The molecule has 0 aliphatic carbocycles. The summed E-state index contributed by atoms with van der Waals surface area (Å²) < 4.78 is 22.0. The van der Waals surface area contributed by atoms with Gasteiger partial charge < -0.3 is 18.6 Å². The minimum absolute atomic E-state index is 0.0293. The van der Waals surface area contributed by atoms with Gasteiger partial charge in [0, 0.05) is 0 Å². The van der Waals surface area contributed by atoms with Crippen LogP contribution in [-0.2, 0) is 4.79 Å². The molecule has 1 amide bonds. The first kappa shape index (κ1) is 15.9. The largest absolute Gasteiger partial charge is 0.496 e. The molecule has 8 heteroatoms. The Balaban J connectivity index is 1.47. The Morgan fingerprint density at radius 1 is 1.12 bits per heavy atom. The molecule has 0 radical (unpaired) electrons. The van der Waals surface area contributed by atoms with Crippen LogP contribution in [0.15, 0.2) is 52.9 Å². The molecule has 2 aromatic carbocycles. The molecule has 0 saturated carbocycles. The van der Waals surface area contributed by atoms with Crippen molar-refractivity contribution >= 4 is 11.9 Å². The van der Waals surface area contributed by atoms with Crippen molar-refractivity contribution in [3.8, 4) is 28.7 Å². The second-order valence-corrected chi connectivity index (χ2v) is 5.47. The van der Waals surface area contributed by atoms with Crippen LogP contribution in [0.25, 0.3) is 11.5 Å². The maximum absolute atomic E-state index is 12.4. The second kappa shape index (κ2) is 6.75. The van der Waals surface area contributed by atoms with E-state index in [0.717, 1.165) is 0 Å². The maximum Gasteiger partial charge on any atom is 0.322 e. The van der Waals surface area contributed by atoms with E-state index in [4.69, 9.17) is 18.6 Å². The number of para-hydroxylation sites is 3. The van der Waals surface area contributed by atoms with E-state index in [2.05, 4.69) is 15.5 Å². The third-order valence-corrected chi connectivity index (χ3v) is 3.79. The van der Waals surface area contributed by atoms with Crippen LogP contribution in [0.4, 0.5) is 6.01 Å². The van der Waals surface area contributed by atoms with Crippen molar-refractivity contribution in [3.05, 3.63) is 48.5 Å². The predicted octanol–water partition coefficient (Wildman–Crippen LogP) is 2.52. The molecule has 0 bridgehead atoms.